The largest absolute Gasteiger partial charge is 0.490 e. The minimum atomic E-state index is -5.08. The monoisotopic (exact) mass is 523 g/mol. The van der Waals surface area contributed by atoms with Gasteiger partial charge in [0.05, 0.1) is 12.6 Å². The molecule has 15 heteroatoms. The first-order valence-electron chi connectivity index (χ1n) is 7.19. The molecule has 2 aromatic heterocycles. The van der Waals surface area contributed by atoms with Crippen molar-refractivity contribution in [3.05, 3.63) is 21.9 Å². The third-order valence-electron chi connectivity index (χ3n) is 2.59. The van der Waals surface area contributed by atoms with Gasteiger partial charge in [-0.05, 0) is 15.9 Å². The van der Waals surface area contributed by atoms with Crippen LogP contribution in [-0.4, -0.2) is 61.7 Å². The summed E-state index contributed by atoms with van der Waals surface area (Å²) in [6, 6.07) is 0. The van der Waals surface area contributed by atoms with E-state index in [2.05, 4.69) is 26.2 Å². The molecule has 0 saturated carbocycles. The maximum Gasteiger partial charge on any atom is 0.490 e. The summed E-state index contributed by atoms with van der Waals surface area (Å²) in [6.45, 7) is 0.547. The Morgan fingerprint density at radius 3 is 2.39 bits per heavy atom. The standard InChI is InChI=1S/C11H12BrN3O3S3.C2HF3O2/c12-8-5-14-11-15(8)6-7(21-11)10(18)13-2-4-20-19-3-1-9(16)17;3-2(4,5)1(6)7/h5-6H,1-4H2,(H,13,18)(H,16,17);(H,6,7). The number of carboxylic acid groups (broad SMARTS) is 2. The van der Waals surface area contributed by atoms with Gasteiger partial charge in [0.15, 0.2) is 4.96 Å². The smallest absolute Gasteiger partial charge is 0.481 e. The molecule has 28 heavy (non-hydrogen) atoms. The molecule has 0 aliphatic rings. The number of thiazole rings is 1. The second-order valence-corrected chi connectivity index (χ2v) is 9.20. The van der Waals surface area contributed by atoms with E-state index in [-0.39, 0.29) is 12.3 Å². The minimum absolute atomic E-state index is 0.117. The van der Waals surface area contributed by atoms with Crippen molar-refractivity contribution in [2.75, 3.05) is 18.1 Å². The maximum absolute atomic E-state index is 12.0. The number of fused-ring (bicyclic) bond motifs is 1. The van der Waals surface area contributed by atoms with Gasteiger partial charge in [0, 0.05) is 24.2 Å². The first kappa shape index (κ1) is 24.6. The summed E-state index contributed by atoms with van der Waals surface area (Å²) in [5, 5.41) is 18.4. The Balaban J connectivity index is 0.000000480. The lowest BCUT2D eigenvalue weighted by Gasteiger charge is -2.02. The molecule has 3 N–H and O–H groups in total. The van der Waals surface area contributed by atoms with E-state index in [1.165, 1.54) is 22.1 Å². The molecule has 2 aromatic rings. The van der Waals surface area contributed by atoms with Gasteiger partial charge in [0.2, 0.25) is 0 Å². The van der Waals surface area contributed by atoms with Gasteiger partial charge in [-0.3, -0.25) is 14.0 Å². The summed E-state index contributed by atoms with van der Waals surface area (Å²) in [7, 11) is 3.06. The lowest BCUT2D eigenvalue weighted by Crippen LogP contribution is -2.24. The molecule has 0 radical (unpaired) electrons. The van der Waals surface area contributed by atoms with E-state index in [4.69, 9.17) is 15.0 Å². The van der Waals surface area contributed by atoms with E-state index in [1.54, 1.807) is 23.2 Å². The molecular formula is C13H13BrF3N3O5S3. The Labute approximate surface area is 176 Å². The predicted molar refractivity (Wildman–Crippen MR) is 104 cm³/mol. The summed E-state index contributed by atoms with van der Waals surface area (Å²) < 4.78 is 34.4. The molecule has 8 nitrogen and oxygen atoms in total. The fourth-order valence-corrected chi connectivity index (χ4v) is 4.65. The van der Waals surface area contributed by atoms with Crippen LogP contribution >= 0.6 is 48.9 Å². The third-order valence-corrected chi connectivity index (χ3v) is 6.58. The SMILES string of the molecule is O=C(O)C(F)(F)F.O=C(O)CCSSCCNC(=O)c1cn2c(Br)cnc2s1. The molecule has 1 amide bonds. The fraction of sp³-hybridized carbons (Fsp3) is 0.385. The molecule has 156 valence electrons. The molecule has 0 aliphatic heterocycles. The van der Waals surface area contributed by atoms with E-state index in [0.717, 1.165) is 15.3 Å². The highest BCUT2D eigenvalue weighted by atomic mass is 79.9. The minimum Gasteiger partial charge on any atom is -0.481 e. The van der Waals surface area contributed by atoms with Crippen molar-refractivity contribution in [3.8, 4) is 0 Å². The maximum atomic E-state index is 12.0. The second-order valence-electron chi connectivity index (χ2n) is 4.68. The number of halogens is 4. The second kappa shape index (κ2) is 11.5. The van der Waals surface area contributed by atoms with Crippen LogP contribution in [0.5, 0.6) is 0 Å². The number of carboxylic acids is 2. The quantitative estimate of drug-likeness (QED) is 0.355. The molecule has 2 rings (SSSR count). The number of carbonyl (C=O) groups excluding carboxylic acids is 1. The van der Waals surface area contributed by atoms with Crippen molar-refractivity contribution in [1.82, 2.24) is 14.7 Å². The average Bonchev–Trinajstić information content (AvgIpc) is 3.15. The van der Waals surface area contributed by atoms with E-state index in [9.17, 15) is 22.8 Å². The molecule has 0 unspecified atom stereocenters. The van der Waals surface area contributed by atoms with Crippen molar-refractivity contribution < 1.29 is 37.8 Å². The lowest BCUT2D eigenvalue weighted by atomic mass is 10.5. The van der Waals surface area contributed by atoms with Gasteiger partial charge in [0.25, 0.3) is 5.91 Å². The molecule has 0 fully saturated rings. The summed E-state index contributed by atoms with van der Waals surface area (Å²) in [6.07, 6.45) is -1.48. The van der Waals surface area contributed by atoms with Gasteiger partial charge in [-0.1, -0.05) is 32.9 Å². The number of rotatable bonds is 8. The van der Waals surface area contributed by atoms with Gasteiger partial charge in [-0.25, -0.2) is 9.78 Å². The normalized spacial score (nSPS) is 11.0. The lowest BCUT2D eigenvalue weighted by molar-refractivity contribution is -0.192. The zero-order valence-electron chi connectivity index (χ0n) is 13.7. The van der Waals surface area contributed by atoms with Crippen LogP contribution in [-0.2, 0) is 9.59 Å². The zero-order chi connectivity index (χ0) is 21.3. The number of alkyl halides is 3. The highest BCUT2D eigenvalue weighted by molar-refractivity contribution is 9.10. The van der Waals surface area contributed by atoms with E-state index in [1.807, 2.05) is 4.40 Å². The molecular weight excluding hydrogens is 511 g/mol. The number of amides is 1. The number of aromatic nitrogens is 2. The van der Waals surface area contributed by atoms with Crippen LogP contribution in [0.3, 0.4) is 0 Å². The van der Waals surface area contributed by atoms with Crippen LogP contribution < -0.4 is 5.32 Å². The number of aliphatic carboxylic acids is 2. The van der Waals surface area contributed by atoms with Crippen LogP contribution in [0.4, 0.5) is 13.2 Å². The fourth-order valence-electron chi connectivity index (χ4n) is 1.40. The number of hydrogen-bond donors (Lipinski definition) is 3. The zero-order valence-corrected chi connectivity index (χ0v) is 17.8. The third kappa shape index (κ3) is 8.70. The van der Waals surface area contributed by atoms with Gasteiger partial charge in [-0.15, -0.1) is 0 Å². The Bertz CT molecular complexity index is 827. The topological polar surface area (TPSA) is 121 Å². The molecule has 0 saturated heterocycles. The van der Waals surface area contributed by atoms with Crippen LogP contribution in [0.1, 0.15) is 16.1 Å². The molecule has 0 aromatic carbocycles. The Morgan fingerprint density at radius 2 is 1.86 bits per heavy atom. The number of imidazole rings is 1. The summed E-state index contributed by atoms with van der Waals surface area (Å²) >= 11 is 4.69. The van der Waals surface area contributed by atoms with Gasteiger partial charge in [0.1, 0.15) is 9.48 Å². The number of nitrogens with zero attached hydrogens (tertiary/aromatic N) is 2. The summed E-state index contributed by atoms with van der Waals surface area (Å²) in [5.74, 6) is -2.35. The van der Waals surface area contributed by atoms with E-state index >= 15 is 0 Å². The first-order chi connectivity index (χ1) is 13.0. The van der Waals surface area contributed by atoms with Crippen LogP contribution in [0.2, 0.25) is 0 Å². The van der Waals surface area contributed by atoms with Gasteiger partial charge >= 0.3 is 18.1 Å². The Hall–Kier alpha value is -1.45. The molecule has 0 spiro atoms. The Kier molecular flexibility index (Phi) is 10.1. The molecule has 0 atom stereocenters. The number of carbonyl (C=O) groups is 3. The van der Waals surface area contributed by atoms with E-state index < -0.39 is 18.1 Å². The van der Waals surface area contributed by atoms with Crippen LogP contribution in [0.25, 0.3) is 4.96 Å². The average molecular weight is 524 g/mol. The summed E-state index contributed by atoms with van der Waals surface area (Å²) in [5.41, 5.74) is 0. The van der Waals surface area contributed by atoms with Crippen molar-refractivity contribution in [3.63, 3.8) is 0 Å². The highest BCUT2D eigenvalue weighted by Gasteiger charge is 2.38. The predicted octanol–water partition coefficient (Wildman–Crippen LogP) is 3.38. The number of hydrogen-bond acceptors (Lipinski definition) is 7. The van der Waals surface area contributed by atoms with Crippen LogP contribution in [0, 0.1) is 0 Å². The molecule has 0 bridgehead atoms. The van der Waals surface area contributed by atoms with Crippen LogP contribution in [0.15, 0.2) is 17.0 Å². The van der Waals surface area contributed by atoms with Crippen molar-refractivity contribution in [2.24, 2.45) is 0 Å². The highest BCUT2D eigenvalue weighted by Crippen LogP contribution is 2.22. The van der Waals surface area contributed by atoms with E-state index in [0.29, 0.717) is 17.2 Å². The van der Waals surface area contributed by atoms with Crippen molar-refractivity contribution >= 4 is 71.7 Å². The van der Waals surface area contributed by atoms with Gasteiger partial charge < -0.3 is 15.5 Å². The van der Waals surface area contributed by atoms with Crippen molar-refractivity contribution in [1.29, 1.82) is 0 Å². The molecule has 2 heterocycles. The number of nitrogens with one attached hydrogen (secondary N) is 1. The molecule has 0 aliphatic carbocycles. The van der Waals surface area contributed by atoms with Gasteiger partial charge in [-0.2, -0.15) is 13.2 Å². The Morgan fingerprint density at radius 1 is 1.25 bits per heavy atom. The van der Waals surface area contributed by atoms with Crippen molar-refractivity contribution in [2.45, 2.75) is 12.6 Å². The first-order valence-corrected chi connectivity index (χ1v) is 11.3. The summed E-state index contributed by atoms with van der Waals surface area (Å²) in [4.78, 5) is 36.7.